The third kappa shape index (κ3) is 2.49. The maximum absolute atomic E-state index is 12.4. The van der Waals surface area contributed by atoms with E-state index in [1.807, 2.05) is 24.3 Å². The molecule has 0 spiro atoms. The van der Waals surface area contributed by atoms with Crippen LogP contribution in [0.2, 0.25) is 0 Å². The van der Waals surface area contributed by atoms with Crippen LogP contribution in [0.4, 0.5) is 0 Å². The zero-order valence-corrected chi connectivity index (χ0v) is 12.6. The fourth-order valence-corrected chi connectivity index (χ4v) is 2.70. The van der Waals surface area contributed by atoms with Crippen molar-refractivity contribution in [2.24, 2.45) is 0 Å². The predicted octanol–water partition coefficient (Wildman–Crippen LogP) is 4.13. The van der Waals surface area contributed by atoms with E-state index in [-0.39, 0.29) is 5.78 Å². The van der Waals surface area contributed by atoms with Gasteiger partial charge >= 0.3 is 0 Å². The van der Waals surface area contributed by atoms with Crippen molar-refractivity contribution in [2.75, 3.05) is 7.11 Å². The van der Waals surface area contributed by atoms with Gasteiger partial charge in [-0.2, -0.15) is 0 Å². The minimum absolute atomic E-state index is 0.130. The third-order valence-electron chi connectivity index (χ3n) is 4.10. The number of benzene rings is 2. The summed E-state index contributed by atoms with van der Waals surface area (Å²) in [5, 5.41) is 0. The highest BCUT2D eigenvalue weighted by Crippen LogP contribution is 2.30. The quantitative estimate of drug-likeness (QED) is 0.772. The molecule has 0 fully saturated rings. The van der Waals surface area contributed by atoms with Gasteiger partial charge in [0, 0.05) is 17.6 Å². The molecular formula is C19H18O2. The molecule has 21 heavy (non-hydrogen) atoms. The van der Waals surface area contributed by atoms with Crippen molar-refractivity contribution < 1.29 is 9.53 Å². The molecule has 2 heteroatoms. The Balaban J connectivity index is 1.96. The first kappa shape index (κ1) is 13.6. The third-order valence-corrected chi connectivity index (χ3v) is 4.10. The molecule has 0 aliphatic heterocycles. The molecule has 0 amide bonds. The zero-order valence-electron chi connectivity index (χ0n) is 12.6. The minimum Gasteiger partial charge on any atom is -0.497 e. The zero-order chi connectivity index (χ0) is 15.0. The molecule has 2 nitrogen and oxygen atoms in total. The Kier molecular flexibility index (Phi) is 3.38. The van der Waals surface area contributed by atoms with E-state index in [4.69, 9.17) is 4.74 Å². The topological polar surface area (TPSA) is 26.3 Å². The summed E-state index contributed by atoms with van der Waals surface area (Å²) < 4.78 is 5.23. The van der Waals surface area contributed by atoms with E-state index >= 15 is 0 Å². The van der Waals surface area contributed by atoms with E-state index in [2.05, 4.69) is 32.0 Å². The van der Waals surface area contributed by atoms with Gasteiger partial charge in [-0.05, 0) is 60.4 Å². The molecule has 0 heterocycles. The number of ketones is 1. The van der Waals surface area contributed by atoms with Crippen molar-refractivity contribution in [1.82, 2.24) is 0 Å². The van der Waals surface area contributed by atoms with E-state index in [0.29, 0.717) is 6.42 Å². The van der Waals surface area contributed by atoms with Gasteiger partial charge in [0.05, 0.1) is 7.11 Å². The van der Waals surface area contributed by atoms with Gasteiger partial charge in [0.25, 0.3) is 0 Å². The summed E-state index contributed by atoms with van der Waals surface area (Å²) >= 11 is 0. The van der Waals surface area contributed by atoms with E-state index in [1.54, 1.807) is 7.11 Å². The first-order valence-corrected chi connectivity index (χ1v) is 7.08. The first-order valence-electron chi connectivity index (χ1n) is 7.08. The SMILES string of the molecule is COc1ccc2c(c1)CC(=Cc1ccc(C)c(C)c1)C2=O. The van der Waals surface area contributed by atoms with Crippen molar-refractivity contribution in [3.63, 3.8) is 0 Å². The van der Waals surface area contributed by atoms with Gasteiger partial charge < -0.3 is 4.74 Å². The lowest BCUT2D eigenvalue weighted by Gasteiger charge is -2.02. The van der Waals surface area contributed by atoms with Gasteiger partial charge in [0.2, 0.25) is 0 Å². The van der Waals surface area contributed by atoms with Crippen molar-refractivity contribution in [3.05, 3.63) is 69.8 Å². The summed E-state index contributed by atoms with van der Waals surface area (Å²) in [5.41, 5.74) is 6.29. The Morgan fingerprint density at radius 1 is 1.05 bits per heavy atom. The number of allylic oxidation sites excluding steroid dienone is 1. The summed E-state index contributed by atoms with van der Waals surface area (Å²) in [6, 6.07) is 11.9. The number of carbonyl (C=O) groups is 1. The Morgan fingerprint density at radius 3 is 2.57 bits per heavy atom. The van der Waals surface area contributed by atoms with Crippen LogP contribution in [0.5, 0.6) is 5.75 Å². The van der Waals surface area contributed by atoms with E-state index < -0.39 is 0 Å². The lowest BCUT2D eigenvalue weighted by molar-refractivity contribution is 0.104. The normalized spacial score (nSPS) is 15.4. The number of fused-ring (bicyclic) bond motifs is 1. The molecule has 0 atom stereocenters. The number of hydrogen-bond donors (Lipinski definition) is 0. The Bertz CT molecular complexity index is 754. The summed E-state index contributed by atoms with van der Waals surface area (Å²) in [5.74, 6) is 0.930. The monoisotopic (exact) mass is 278 g/mol. The van der Waals surface area contributed by atoms with Crippen molar-refractivity contribution in [3.8, 4) is 5.75 Å². The maximum atomic E-state index is 12.4. The Hall–Kier alpha value is -2.35. The number of carbonyl (C=O) groups excluding carboxylic acids is 1. The minimum atomic E-state index is 0.130. The summed E-state index contributed by atoms with van der Waals surface area (Å²) in [7, 11) is 1.64. The van der Waals surface area contributed by atoms with Crippen molar-refractivity contribution in [1.29, 1.82) is 0 Å². The molecule has 2 aromatic rings. The highest BCUT2D eigenvalue weighted by atomic mass is 16.5. The molecule has 1 aliphatic rings. The predicted molar refractivity (Wildman–Crippen MR) is 84.9 cm³/mol. The largest absolute Gasteiger partial charge is 0.497 e. The van der Waals surface area contributed by atoms with Crippen LogP contribution in [0.15, 0.2) is 42.0 Å². The number of methoxy groups -OCH3 is 1. The Labute approximate surface area is 125 Å². The molecule has 0 bridgehead atoms. The number of ether oxygens (including phenoxy) is 1. The van der Waals surface area contributed by atoms with Gasteiger partial charge in [-0.1, -0.05) is 18.2 Å². The van der Waals surface area contributed by atoms with Crippen LogP contribution in [-0.4, -0.2) is 12.9 Å². The number of hydrogen-bond acceptors (Lipinski definition) is 2. The molecule has 0 saturated heterocycles. The molecule has 106 valence electrons. The van der Waals surface area contributed by atoms with Gasteiger partial charge in [-0.25, -0.2) is 0 Å². The smallest absolute Gasteiger partial charge is 0.189 e. The Morgan fingerprint density at radius 2 is 1.86 bits per heavy atom. The maximum Gasteiger partial charge on any atom is 0.189 e. The molecule has 3 rings (SSSR count). The van der Waals surface area contributed by atoms with E-state index in [1.165, 1.54) is 11.1 Å². The second-order valence-electron chi connectivity index (χ2n) is 5.54. The number of Topliss-reactive ketones (excluding diaryl/α,β-unsaturated/α-hetero) is 1. The molecule has 0 saturated carbocycles. The van der Waals surface area contributed by atoms with Crippen molar-refractivity contribution in [2.45, 2.75) is 20.3 Å². The fraction of sp³-hybridized carbons (Fsp3) is 0.211. The lowest BCUT2D eigenvalue weighted by Crippen LogP contribution is -1.95. The van der Waals surface area contributed by atoms with Crippen LogP contribution in [0.3, 0.4) is 0 Å². The first-order chi connectivity index (χ1) is 10.1. The average molecular weight is 278 g/mol. The van der Waals surface area contributed by atoms with Crippen LogP contribution in [-0.2, 0) is 6.42 Å². The molecule has 0 N–H and O–H groups in total. The lowest BCUT2D eigenvalue weighted by atomic mass is 10.0. The molecule has 2 aromatic carbocycles. The van der Waals surface area contributed by atoms with E-state index in [0.717, 1.165) is 28.0 Å². The summed E-state index contributed by atoms with van der Waals surface area (Å²) in [6.45, 7) is 4.18. The highest BCUT2D eigenvalue weighted by Gasteiger charge is 2.24. The van der Waals surface area contributed by atoms with Crippen LogP contribution >= 0.6 is 0 Å². The van der Waals surface area contributed by atoms with Crippen LogP contribution < -0.4 is 4.74 Å². The molecular weight excluding hydrogens is 260 g/mol. The second kappa shape index (κ2) is 5.21. The second-order valence-corrected chi connectivity index (χ2v) is 5.54. The molecule has 0 unspecified atom stereocenters. The number of aryl methyl sites for hydroxylation is 2. The summed E-state index contributed by atoms with van der Waals surface area (Å²) in [6.07, 6.45) is 2.68. The fourth-order valence-electron chi connectivity index (χ4n) is 2.70. The van der Waals surface area contributed by atoms with Gasteiger partial charge in [-0.3, -0.25) is 4.79 Å². The van der Waals surface area contributed by atoms with Gasteiger partial charge in [0.1, 0.15) is 5.75 Å². The van der Waals surface area contributed by atoms with Gasteiger partial charge in [0.15, 0.2) is 5.78 Å². The van der Waals surface area contributed by atoms with Crippen LogP contribution in [0.25, 0.3) is 6.08 Å². The highest BCUT2D eigenvalue weighted by molar-refractivity contribution is 6.15. The molecule has 1 aliphatic carbocycles. The van der Waals surface area contributed by atoms with Crippen molar-refractivity contribution >= 4 is 11.9 Å². The van der Waals surface area contributed by atoms with Crippen LogP contribution in [0.1, 0.15) is 32.6 Å². The molecule has 0 radical (unpaired) electrons. The standard InChI is InChI=1S/C19H18O2/c1-12-4-5-14(8-13(12)2)9-16-10-15-11-17(21-3)6-7-18(15)19(16)20/h4-9,11H,10H2,1-3H3. The van der Waals surface area contributed by atoms with E-state index in [9.17, 15) is 4.79 Å². The number of rotatable bonds is 2. The van der Waals surface area contributed by atoms with Gasteiger partial charge in [-0.15, -0.1) is 0 Å². The average Bonchev–Trinajstić information content (AvgIpc) is 2.79. The molecule has 0 aromatic heterocycles. The summed E-state index contributed by atoms with van der Waals surface area (Å²) in [4.78, 5) is 12.4. The van der Waals surface area contributed by atoms with Crippen LogP contribution in [0, 0.1) is 13.8 Å².